The van der Waals surface area contributed by atoms with Gasteiger partial charge < -0.3 is 0 Å². The molecule has 0 N–H and O–H groups in total. The Bertz CT molecular complexity index is 352. The molecule has 0 aliphatic heterocycles. The molecule has 0 bridgehead atoms. The second-order valence-electron chi connectivity index (χ2n) is 2.96. The van der Waals surface area contributed by atoms with Crippen molar-refractivity contribution in [2.24, 2.45) is 0 Å². The van der Waals surface area contributed by atoms with Gasteiger partial charge in [0.1, 0.15) is 5.38 Å². The summed E-state index contributed by atoms with van der Waals surface area (Å²) in [6.45, 7) is 1.49. The first-order valence-corrected chi connectivity index (χ1v) is 6.10. The normalized spacial score (nSPS) is 12.6. The van der Waals surface area contributed by atoms with Gasteiger partial charge >= 0.3 is 0 Å². The highest BCUT2D eigenvalue weighted by Gasteiger charge is 2.16. The van der Waals surface area contributed by atoms with E-state index in [0.717, 1.165) is 14.7 Å². The number of benzene rings is 1. The van der Waals surface area contributed by atoms with Crippen LogP contribution < -0.4 is 0 Å². The molecule has 1 rings (SSSR count). The lowest BCUT2D eigenvalue weighted by atomic mass is 10.1. The number of hydrogen-bond acceptors (Lipinski definition) is 1. The van der Waals surface area contributed by atoms with Gasteiger partial charge in [-0.2, -0.15) is 0 Å². The number of carbonyl (C=O) groups excluding carboxylic acids is 1. The van der Waals surface area contributed by atoms with Crippen LogP contribution in [0.1, 0.15) is 23.4 Å². The predicted molar refractivity (Wildman–Crippen MR) is 68.0 cm³/mol. The Morgan fingerprint density at radius 2 is 2.21 bits per heavy atom. The highest BCUT2D eigenvalue weighted by Crippen LogP contribution is 2.27. The van der Waals surface area contributed by atoms with Crippen LogP contribution >= 0.6 is 45.8 Å². The van der Waals surface area contributed by atoms with Crippen molar-refractivity contribution in [3.05, 3.63) is 32.9 Å². The van der Waals surface area contributed by atoms with E-state index in [1.807, 2.05) is 18.2 Å². The monoisotopic (exact) mass is 342 g/mol. The second-order valence-corrected chi connectivity index (χ2v) is 4.83. The SMILES string of the molecule is CC(=O)C(Cl)c1cc(CCl)ccc1I. The molecule has 1 nitrogen and oxygen atoms in total. The van der Waals surface area contributed by atoms with Gasteiger partial charge in [0.25, 0.3) is 0 Å². The number of halogens is 3. The first-order valence-electron chi connectivity index (χ1n) is 4.05. The number of carbonyl (C=O) groups is 1. The first-order chi connectivity index (χ1) is 6.56. The molecule has 4 heteroatoms. The van der Waals surface area contributed by atoms with Crippen LogP contribution in [0.3, 0.4) is 0 Å². The van der Waals surface area contributed by atoms with Crippen molar-refractivity contribution in [1.29, 1.82) is 0 Å². The van der Waals surface area contributed by atoms with Crippen molar-refractivity contribution in [3.8, 4) is 0 Å². The summed E-state index contributed by atoms with van der Waals surface area (Å²) in [6, 6.07) is 5.74. The summed E-state index contributed by atoms with van der Waals surface area (Å²) in [5.74, 6) is 0.391. The van der Waals surface area contributed by atoms with Gasteiger partial charge in [-0.05, 0) is 46.7 Å². The maximum Gasteiger partial charge on any atom is 0.152 e. The van der Waals surface area contributed by atoms with Gasteiger partial charge in [0.2, 0.25) is 0 Å². The van der Waals surface area contributed by atoms with Crippen LogP contribution in [-0.2, 0) is 10.7 Å². The molecule has 1 unspecified atom stereocenters. The zero-order valence-electron chi connectivity index (χ0n) is 7.56. The summed E-state index contributed by atoms with van der Waals surface area (Å²) in [6.07, 6.45) is 0. The first kappa shape index (κ1) is 12.3. The van der Waals surface area contributed by atoms with Gasteiger partial charge in [-0.25, -0.2) is 0 Å². The minimum absolute atomic E-state index is 0.0451. The Labute approximate surface area is 107 Å². The third-order valence-electron chi connectivity index (χ3n) is 1.84. The van der Waals surface area contributed by atoms with Crippen LogP contribution in [-0.4, -0.2) is 5.78 Å². The van der Waals surface area contributed by atoms with Crippen molar-refractivity contribution in [2.75, 3.05) is 0 Å². The van der Waals surface area contributed by atoms with E-state index in [2.05, 4.69) is 22.6 Å². The average Bonchev–Trinajstić information content (AvgIpc) is 2.17. The molecule has 0 saturated heterocycles. The molecule has 0 fully saturated rings. The zero-order valence-corrected chi connectivity index (χ0v) is 11.2. The van der Waals surface area contributed by atoms with E-state index in [-0.39, 0.29) is 5.78 Å². The molecule has 0 spiro atoms. The van der Waals surface area contributed by atoms with Gasteiger partial charge in [0, 0.05) is 9.45 Å². The van der Waals surface area contributed by atoms with Gasteiger partial charge in [-0.15, -0.1) is 23.2 Å². The van der Waals surface area contributed by atoms with E-state index in [9.17, 15) is 4.79 Å². The highest BCUT2D eigenvalue weighted by molar-refractivity contribution is 14.1. The molecule has 14 heavy (non-hydrogen) atoms. The van der Waals surface area contributed by atoms with Crippen molar-refractivity contribution in [3.63, 3.8) is 0 Å². The summed E-state index contributed by atoms with van der Waals surface area (Å²) in [5.41, 5.74) is 1.83. The Kier molecular flexibility index (Phi) is 4.67. The summed E-state index contributed by atoms with van der Waals surface area (Å²) in [7, 11) is 0. The number of hydrogen-bond donors (Lipinski definition) is 0. The quantitative estimate of drug-likeness (QED) is 0.601. The maximum absolute atomic E-state index is 11.1. The fourth-order valence-corrected chi connectivity index (χ4v) is 2.27. The molecular weight excluding hydrogens is 334 g/mol. The van der Waals surface area contributed by atoms with Crippen molar-refractivity contribution in [1.82, 2.24) is 0 Å². The Balaban J connectivity index is 3.11. The third kappa shape index (κ3) is 2.84. The average molecular weight is 343 g/mol. The fourth-order valence-electron chi connectivity index (χ4n) is 1.09. The topological polar surface area (TPSA) is 17.1 Å². The molecule has 76 valence electrons. The third-order valence-corrected chi connectivity index (χ3v) is 3.68. The van der Waals surface area contributed by atoms with Crippen LogP contribution in [0.4, 0.5) is 0 Å². The van der Waals surface area contributed by atoms with E-state index in [1.54, 1.807) is 0 Å². The summed E-state index contributed by atoms with van der Waals surface area (Å²) in [4.78, 5) is 11.1. The Morgan fingerprint density at radius 1 is 1.57 bits per heavy atom. The summed E-state index contributed by atoms with van der Waals surface area (Å²) >= 11 is 13.8. The van der Waals surface area contributed by atoms with E-state index in [1.165, 1.54) is 6.92 Å². The van der Waals surface area contributed by atoms with E-state index < -0.39 is 5.38 Å². The van der Waals surface area contributed by atoms with Crippen molar-refractivity contribution >= 4 is 51.6 Å². The van der Waals surface area contributed by atoms with Crippen LogP contribution in [0.2, 0.25) is 0 Å². The Morgan fingerprint density at radius 3 is 2.71 bits per heavy atom. The molecule has 1 aromatic rings. The van der Waals surface area contributed by atoms with E-state index >= 15 is 0 Å². The van der Waals surface area contributed by atoms with Crippen molar-refractivity contribution in [2.45, 2.75) is 18.2 Å². The van der Waals surface area contributed by atoms with Gasteiger partial charge in [0.15, 0.2) is 5.78 Å². The number of Topliss-reactive ketones (excluding diaryl/α,β-unsaturated/α-hetero) is 1. The van der Waals surface area contributed by atoms with E-state index in [4.69, 9.17) is 23.2 Å². The zero-order chi connectivity index (χ0) is 10.7. The van der Waals surface area contributed by atoms with Crippen LogP contribution in [0, 0.1) is 3.57 Å². The summed E-state index contributed by atoms with van der Waals surface area (Å²) in [5, 5.41) is -0.565. The molecule has 0 aliphatic carbocycles. The molecule has 0 aromatic heterocycles. The van der Waals surface area contributed by atoms with Crippen molar-refractivity contribution < 1.29 is 4.79 Å². The van der Waals surface area contributed by atoms with Gasteiger partial charge in [-0.1, -0.05) is 12.1 Å². The molecule has 1 atom stereocenters. The number of rotatable bonds is 3. The lowest BCUT2D eigenvalue weighted by molar-refractivity contribution is -0.116. The smallest absolute Gasteiger partial charge is 0.152 e. The second kappa shape index (κ2) is 5.33. The molecule has 0 amide bonds. The molecule has 0 heterocycles. The van der Waals surface area contributed by atoms with E-state index in [0.29, 0.717) is 5.88 Å². The highest BCUT2D eigenvalue weighted by atomic mass is 127. The lowest BCUT2D eigenvalue weighted by Crippen LogP contribution is -2.04. The minimum atomic E-state index is -0.565. The standard InChI is InChI=1S/C10H9Cl2IO/c1-6(14)10(12)8-4-7(5-11)2-3-9(8)13/h2-4,10H,5H2,1H3. The molecule has 1 aromatic carbocycles. The van der Waals surface area contributed by atoms with Gasteiger partial charge in [0.05, 0.1) is 0 Å². The lowest BCUT2D eigenvalue weighted by Gasteiger charge is -2.09. The fraction of sp³-hybridized carbons (Fsp3) is 0.300. The van der Waals surface area contributed by atoms with Crippen LogP contribution in [0.25, 0.3) is 0 Å². The Hall–Kier alpha value is 0.200. The van der Waals surface area contributed by atoms with Gasteiger partial charge in [-0.3, -0.25) is 4.79 Å². The predicted octanol–water partition coefficient (Wildman–Crippen LogP) is 3.90. The molecule has 0 radical (unpaired) electrons. The van der Waals surface area contributed by atoms with Crippen LogP contribution in [0.15, 0.2) is 18.2 Å². The molecule has 0 aliphatic rings. The molecular formula is C10H9Cl2IO. The summed E-state index contributed by atoms with van der Waals surface area (Å²) < 4.78 is 0.992. The number of alkyl halides is 2. The maximum atomic E-state index is 11.1. The number of ketones is 1. The minimum Gasteiger partial charge on any atom is -0.298 e. The largest absolute Gasteiger partial charge is 0.298 e. The molecule has 0 saturated carbocycles. The van der Waals surface area contributed by atoms with Crippen LogP contribution in [0.5, 0.6) is 0 Å².